The maximum Gasteiger partial charge on any atom is 0.326 e. The monoisotopic (exact) mass is 901 g/mol. The Labute approximate surface area is 381 Å². The number of hydrogen-bond acceptors (Lipinski definition) is 11. The summed E-state index contributed by atoms with van der Waals surface area (Å²) < 4.78 is 0. The number of likely N-dealkylation sites (N-methyl/N-ethyl adjacent to an activating group) is 2. The Balaban J connectivity index is 1.53. The summed E-state index contributed by atoms with van der Waals surface area (Å²) >= 11 is 0. The number of nitrogens with one attached hydrogen (secondary N) is 2. The molecule has 15 nitrogen and oxygen atoms in total. The lowest BCUT2D eigenvalue weighted by Gasteiger charge is -2.36. The van der Waals surface area contributed by atoms with E-state index in [1.165, 1.54) is 89.2 Å². The summed E-state index contributed by atoms with van der Waals surface area (Å²) in [6.45, 7) is 4.99. The molecule has 3 aliphatic rings. The van der Waals surface area contributed by atoms with Crippen LogP contribution in [0.5, 0.6) is 0 Å². The van der Waals surface area contributed by atoms with Gasteiger partial charge in [-0.3, -0.25) is 24.1 Å². The van der Waals surface area contributed by atoms with Crippen molar-refractivity contribution in [3.05, 3.63) is 46.8 Å². The number of aliphatic carboxylic acids is 1. The van der Waals surface area contributed by atoms with Gasteiger partial charge in [0.25, 0.3) is 0 Å². The lowest BCUT2D eigenvalue weighted by Crippen LogP contribution is -2.50. The van der Waals surface area contributed by atoms with Crippen molar-refractivity contribution in [3.63, 3.8) is 0 Å². The van der Waals surface area contributed by atoms with Crippen molar-refractivity contribution in [1.82, 2.24) is 20.4 Å². The van der Waals surface area contributed by atoms with Crippen LogP contribution in [0.25, 0.3) is 0 Å². The summed E-state index contributed by atoms with van der Waals surface area (Å²) in [5.74, 6) is -5.01. The molecule has 15 heteroatoms. The van der Waals surface area contributed by atoms with Crippen molar-refractivity contribution in [3.8, 4) is 0 Å². The van der Waals surface area contributed by atoms with Crippen molar-refractivity contribution in [2.45, 2.75) is 198 Å². The molecule has 0 saturated carbocycles. The van der Waals surface area contributed by atoms with E-state index in [2.05, 4.69) is 17.6 Å². The van der Waals surface area contributed by atoms with E-state index in [-0.39, 0.29) is 57.3 Å². The van der Waals surface area contributed by atoms with Crippen molar-refractivity contribution in [1.29, 1.82) is 0 Å². The molecule has 3 unspecified atom stereocenters. The van der Waals surface area contributed by atoms with Gasteiger partial charge in [-0.1, -0.05) is 109 Å². The van der Waals surface area contributed by atoms with Gasteiger partial charge in [-0.2, -0.15) is 0 Å². The molecule has 0 saturated heterocycles. The number of Topliss-reactive ketones (excluding diaryl/α,β-unsaturated/α-hetero) is 1. The number of fused-ring (bicyclic) bond motifs is 4. The summed E-state index contributed by atoms with van der Waals surface area (Å²) in [5.41, 5.74) is 1.29. The zero-order valence-electron chi connectivity index (χ0n) is 39.2. The highest BCUT2D eigenvalue weighted by Crippen LogP contribution is 2.37. The smallest absolute Gasteiger partial charge is 0.326 e. The number of rotatable bonds is 26. The van der Waals surface area contributed by atoms with E-state index in [4.69, 9.17) is 0 Å². The molecule has 1 aliphatic heterocycles. The number of nitrogens with zero attached hydrogens (tertiary/aromatic N) is 2. The van der Waals surface area contributed by atoms with Crippen LogP contribution in [0.4, 0.5) is 0 Å². The Morgan fingerprint density at radius 1 is 0.906 bits per heavy atom. The molecule has 362 valence electrons. The molecule has 0 aromatic rings. The summed E-state index contributed by atoms with van der Waals surface area (Å²) in [6, 6.07) is -3.84. The lowest BCUT2D eigenvalue weighted by atomic mass is 9.78. The number of ketones is 1. The van der Waals surface area contributed by atoms with E-state index in [1.54, 1.807) is 37.1 Å². The average molecular weight is 901 g/mol. The molecule has 0 aromatic carbocycles. The average Bonchev–Trinajstić information content (AvgIpc) is 3.26. The Hall–Kier alpha value is -3.89. The number of allylic oxidation sites excluding steroid dienone is 2. The minimum absolute atomic E-state index is 0.0659. The molecule has 0 aromatic heterocycles. The molecule has 64 heavy (non-hydrogen) atoms. The van der Waals surface area contributed by atoms with Crippen LogP contribution in [0.1, 0.15) is 156 Å². The predicted octanol–water partition coefficient (Wildman–Crippen LogP) is 5.52. The van der Waals surface area contributed by atoms with Crippen LogP contribution in [0.2, 0.25) is 0 Å². The van der Waals surface area contributed by atoms with Gasteiger partial charge in [-0.25, -0.2) is 4.79 Å². The fourth-order valence-electron chi connectivity index (χ4n) is 8.99. The third kappa shape index (κ3) is 17.5. The second-order valence-corrected chi connectivity index (χ2v) is 18.5. The van der Waals surface area contributed by atoms with Crippen molar-refractivity contribution >= 4 is 29.5 Å². The van der Waals surface area contributed by atoms with Gasteiger partial charge < -0.3 is 46.2 Å². The Morgan fingerprint density at radius 3 is 2.11 bits per heavy atom. The molecule has 4 bridgehead atoms. The third-order valence-corrected chi connectivity index (χ3v) is 13.3. The van der Waals surface area contributed by atoms with Crippen LogP contribution in [0, 0.1) is 11.8 Å². The quantitative estimate of drug-likeness (QED) is 0.0396. The molecule has 0 spiro atoms. The first-order valence-electron chi connectivity index (χ1n) is 24.0. The first-order valence-corrected chi connectivity index (χ1v) is 24.0. The number of unbranched alkanes of at least 4 members (excludes halogenated alkanes) is 12. The van der Waals surface area contributed by atoms with Crippen LogP contribution in [0.3, 0.4) is 0 Å². The first kappa shape index (κ1) is 54.4. The van der Waals surface area contributed by atoms with E-state index in [0.717, 1.165) is 19.3 Å². The van der Waals surface area contributed by atoms with Gasteiger partial charge in [0.2, 0.25) is 17.7 Å². The summed E-state index contributed by atoms with van der Waals surface area (Å²) in [6.07, 6.45) is 19.2. The number of carboxylic acids is 1. The number of carbonyl (C=O) groups excluding carboxylic acids is 4. The highest BCUT2D eigenvalue weighted by atomic mass is 16.4. The fourth-order valence-corrected chi connectivity index (χ4v) is 8.99. The fraction of sp³-hybridized carbons (Fsp3) is 0.735. The van der Waals surface area contributed by atoms with Gasteiger partial charge in [0.1, 0.15) is 18.0 Å². The number of hydrogen-bond donors (Lipinski definition) is 8. The van der Waals surface area contributed by atoms with Crippen LogP contribution in [-0.4, -0.2) is 133 Å². The number of aliphatic hydroxyl groups is 5. The maximum absolute atomic E-state index is 14.1. The topological polar surface area (TPSA) is 237 Å². The van der Waals surface area contributed by atoms with E-state index in [0.29, 0.717) is 23.1 Å². The second kappa shape index (κ2) is 28.2. The Kier molecular flexibility index (Phi) is 24.0. The van der Waals surface area contributed by atoms with Gasteiger partial charge in [-0.05, 0) is 63.3 Å². The maximum atomic E-state index is 14.1. The molecule has 0 fully saturated rings. The van der Waals surface area contributed by atoms with E-state index >= 15 is 0 Å². The Bertz CT molecular complexity index is 1660. The summed E-state index contributed by atoms with van der Waals surface area (Å²) in [5, 5.41) is 69.1. The van der Waals surface area contributed by atoms with Gasteiger partial charge in [0.05, 0.1) is 30.9 Å². The summed E-state index contributed by atoms with van der Waals surface area (Å²) in [4.78, 5) is 69.1. The molecule has 9 atom stereocenters. The van der Waals surface area contributed by atoms with E-state index in [9.17, 15) is 54.6 Å². The van der Waals surface area contributed by atoms with Crippen molar-refractivity contribution < 1.29 is 54.6 Å². The van der Waals surface area contributed by atoms with Crippen LogP contribution in [0.15, 0.2) is 46.8 Å². The molecule has 8 N–H and O–H groups in total. The van der Waals surface area contributed by atoms with Gasteiger partial charge in [0.15, 0.2) is 5.78 Å². The van der Waals surface area contributed by atoms with Gasteiger partial charge in [0, 0.05) is 56.2 Å². The van der Waals surface area contributed by atoms with Gasteiger partial charge >= 0.3 is 5.97 Å². The second-order valence-electron chi connectivity index (χ2n) is 18.5. The SMILES string of the molecule is CCCCCCCCCCCCCCCC(O)N(C)[C@H](CO)CC(=O)N[C@H](C)C(O)CCC(=O)N(C)[C@@H]1C(=O)C[C@@H](C)C(=O)N[C@H](C(=O)O)CC2=CCC(O)C(=C2)C2=C(O)C=C[C@H]1C2. The van der Waals surface area contributed by atoms with Crippen LogP contribution in [-0.2, 0) is 24.0 Å². The zero-order chi connectivity index (χ0) is 47.3. The third-order valence-electron chi connectivity index (χ3n) is 13.3. The first-order chi connectivity index (χ1) is 30.5. The van der Waals surface area contributed by atoms with E-state index < -0.39 is 83.9 Å². The molecule has 0 radical (unpaired) electrons. The molecule has 3 rings (SSSR count). The predicted molar refractivity (Wildman–Crippen MR) is 246 cm³/mol. The number of amides is 3. The Morgan fingerprint density at radius 2 is 1.52 bits per heavy atom. The van der Waals surface area contributed by atoms with Crippen molar-refractivity contribution in [2.24, 2.45) is 11.8 Å². The lowest BCUT2D eigenvalue weighted by molar-refractivity contribution is -0.143. The standard InChI is InChI=1S/C49H80N4O11/c1-6-7-8-9-10-11-12-13-14-15-16-17-18-19-45(60)52(4)36(31-54)30-44(59)50-33(3)40(55)24-25-46(61)53(5)47-35-21-23-42(57)38(29-35)37-27-34(20-22-41(37)56)28-39(49(63)64)51-48(62)32(2)26-43(47)58/h20-21,23,27,32-33,35-36,39-41,45,47,54-57,60H,6-19,22,24-26,28-31H2,1-5H3,(H,50,59)(H,51,62)(H,63,64)/t32-,33-,35+,36+,39+,40?,41?,45?,47+/m1/s1. The number of aliphatic hydroxyl groups excluding tert-OH is 5. The molecular formula is C49H80N4O11. The van der Waals surface area contributed by atoms with E-state index in [1.807, 2.05) is 0 Å². The van der Waals surface area contributed by atoms with Crippen LogP contribution >= 0.6 is 0 Å². The van der Waals surface area contributed by atoms with Gasteiger partial charge in [-0.15, -0.1) is 0 Å². The number of carbonyl (C=O) groups is 5. The highest BCUT2D eigenvalue weighted by Gasteiger charge is 2.39. The largest absolute Gasteiger partial charge is 0.508 e. The molecule has 1 heterocycles. The molecular weight excluding hydrogens is 821 g/mol. The highest BCUT2D eigenvalue weighted by molar-refractivity contribution is 5.94. The minimum atomic E-state index is -1.30. The summed E-state index contributed by atoms with van der Waals surface area (Å²) in [7, 11) is 3.13. The van der Waals surface area contributed by atoms with Crippen molar-refractivity contribution in [2.75, 3.05) is 20.7 Å². The number of carboxylic acid groups (broad SMARTS) is 1. The minimum Gasteiger partial charge on any atom is -0.508 e. The zero-order valence-corrected chi connectivity index (χ0v) is 39.2. The molecule has 3 amide bonds. The molecule has 2 aliphatic carbocycles. The van der Waals surface area contributed by atoms with Crippen LogP contribution < -0.4 is 10.6 Å². The normalized spacial score (nSPS) is 23.6.